The highest BCUT2D eigenvalue weighted by molar-refractivity contribution is 6.78. The molecule has 1 rings (SSSR count). The van der Waals surface area contributed by atoms with E-state index in [9.17, 15) is 5.11 Å². The Balaban J connectivity index is 3.11. The predicted molar refractivity (Wildman–Crippen MR) is 94.4 cm³/mol. The van der Waals surface area contributed by atoms with Crippen LogP contribution in [0.15, 0.2) is 24.3 Å². The quantitative estimate of drug-likeness (QED) is 0.513. The Bertz CT molecular complexity index is 464. The van der Waals surface area contributed by atoms with E-state index in [0.29, 0.717) is 12.0 Å². The number of alkyl halides is 7. The van der Waals surface area contributed by atoms with Gasteiger partial charge in [-0.25, -0.2) is 0 Å². The first-order valence-electron chi connectivity index (χ1n) is 6.06. The van der Waals surface area contributed by atoms with Gasteiger partial charge in [0.05, 0.1) is 6.10 Å². The van der Waals surface area contributed by atoms with Crippen LogP contribution in [0.3, 0.4) is 0 Å². The van der Waals surface area contributed by atoms with Gasteiger partial charge in [0.15, 0.2) is 4.33 Å². The van der Waals surface area contributed by atoms with Crippen molar-refractivity contribution < 1.29 is 5.11 Å². The van der Waals surface area contributed by atoms with Crippen molar-refractivity contribution in [3.8, 4) is 0 Å². The number of aliphatic hydroxyl groups excluding tert-OH is 1. The first-order valence-corrected chi connectivity index (χ1v) is 8.70. The van der Waals surface area contributed by atoms with Crippen LogP contribution in [0.1, 0.15) is 37.0 Å². The maximum Gasteiger partial charge on any atom is 0.226 e. The maximum absolute atomic E-state index is 9.92. The summed E-state index contributed by atoms with van der Waals surface area (Å²) in [4.78, 5) is 0. The van der Waals surface area contributed by atoms with Gasteiger partial charge >= 0.3 is 0 Å². The van der Waals surface area contributed by atoms with Crippen molar-refractivity contribution >= 4 is 81.2 Å². The largest absolute Gasteiger partial charge is 0.388 e. The summed E-state index contributed by atoms with van der Waals surface area (Å²) >= 11 is 41.7. The molecular formula is C13H13Cl7O. The minimum atomic E-state index is -2.10. The Hall–Kier alpha value is 1.21. The molecule has 0 radical (unpaired) electrons. The summed E-state index contributed by atoms with van der Waals surface area (Å²) in [5.74, 6) is 0. The van der Waals surface area contributed by atoms with Crippen LogP contribution < -0.4 is 0 Å². The molecule has 1 aromatic carbocycles. The van der Waals surface area contributed by atoms with Gasteiger partial charge in [-0.2, -0.15) is 0 Å². The first kappa shape index (κ1) is 20.3. The molecule has 0 bridgehead atoms. The Labute approximate surface area is 159 Å². The second-order valence-corrected chi connectivity index (χ2v) is 9.51. The van der Waals surface area contributed by atoms with Gasteiger partial charge in [0.1, 0.15) is 0 Å². The second-order valence-electron chi connectivity index (χ2n) is 4.57. The topological polar surface area (TPSA) is 20.2 Å². The molecule has 0 saturated heterocycles. The molecule has 0 aliphatic carbocycles. The maximum atomic E-state index is 9.92. The van der Waals surface area contributed by atoms with Crippen molar-refractivity contribution in [2.75, 3.05) is 0 Å². The van der Waals surface area contributed by atoms with Crippen molar-refractivity contribution in [2.24, 2.45) is 0 Å². The number of benzene rings is 1. The molecule has 0 amide bonds. The second kappa shape index (κ2) is 7.40. The van der Waals surface area contributed by atoms with Gasteiger partial charge < -0.3 is 5.11 Å². The van der Waals surface area contributed by atoms with E-state index in [1.54, 1.807) is 24.3 Å². The lowest BCUT2D eigenvalue weighted by molar-refractivity contribution is 0.166. The summed E-state index contributed by atoms with van der Waals surface area (Å²) in [6.45, 7) is 1.98. The highest BCUT2D eigenvalue weighted by Crippen LogP contribution is 2.60. The zero-order valence-electron chi connectivity index (χ0n) is 10.9. The smallest absolute Gasteiger partial charge is 0.226 e. The van der Waals surface area contributed by atoms with Gasteiger partial charge in [-0.1, -0.05) is 119 Å². The molecule has 1 atom stereocenters. The molecule has 0 aliphatic heterocycles. The van der Waals surface area contributed by atoms with E-state index in [1.165, 1.54) is 0 Å². The summed E-state index contributed by atoms with van der Waals surface area (Å²) in [5.41, 5.74) is 1.09. The van der Waals surface area contributed by atoms with E-state index in [2.05, 4.69) is 0 Å². The van der Waals surface area contributed by atoms with E-state index in [4.69, 9.17) is 81.2 Å². The number of rotatable bonds is 5. The first-order chi connectivity index (χ1) is 9.45. The van der Waals surface area contributed by atoms with E-state index in [0.717, 1.165) is 12.0 Å². The Morgan fingerprint density at radius 3 is 1.81 bits per heavy atom. The van der Waals surface area contributed by atoms with Crippen molar-refractivity contribution in [2.45, 2.75) is 38.3 Å². The summed E-state index contributed by atoms with van der Waals surface area (Å²) in [5, 5.41) is 9.92. The van der Waals surface area contributed by atoms with Crippen LogP contribution in [0.5, 0.6) is 0 Å². The molecule has 1 aromatic rings. The van der Waals surface area contributed by atoms with Crippen LogP contribution in [-0.2, 0) is 4.33 Å². The van der Waals surface area contributed by atoms with Crippen LogP contribution in [0.4, 0.5) is 0 Å². The van der Waals surface area contributed by atoms with Crippen LogP contribution >= 0.6 is 81.2 Å². The van der Waals surface area contributed by atoms with Crippen LogP contribution in [0, 0.1) is 0 Å². The fraction of sp³-hybridized carbons (Fsp3) is 0.538. The van der Waals surface area contributed by atoms with Crippen molar-refractivity contribution in [1.29, 1.82) is 0 Å². The lowest BCUT2D eigenvalue weighted by Gasteiger charge is -2.37. The van der Waals surface area contributed by atoms with Gasteiger partial charge in [0.25, 0.3) is 0 Å². The third-order valence-corrected chi connectivity index (χ3v) is 6.93. The molecule has 0 aromatic heterocycles. The van der Waals surface area contributed by atoms with E-state index >= 15 is 0 Å². The third kappa shape index (κ3) is 4.39. The van der Waals surface area contributed by atoms with E-state index in [1.807, 2.05) is 6.92 Å². The standard InChI is InChI=1S/C13H13Cl7O/c1-2-3-10(21)8-4-6-9(7-5-8)11(14,15)12(16,17)13(18,19)20/h4-7,10,21H,2-3H2,1H3. The molecule has 120 valence electrons. The monoisotopic (exact) mass is 430 g/mol. The third-order valence-electron chi connectivity index (χ3n) is 2.97. The predicted octanol–water partition coefficient (Wildman–Crippen LogP) is 6.69. The minimum Gasteiger partial charge on any atom is -0.388 e. The van der Waals surface area contributed by atoms with Crippen molar-refractivity contribution in [3.63, 3.8) is 0 Å². The lowest BCUT2D eigenvalue weighted by atomic mass is 10.0. The Morgan fingerprint density at radius 2 is 1.43 bits per heavy atom. The van der Waals surface area contributed by atoms with E-state index < -0.39 is 18.6 Å². The van der Waals surface area contributed by atoms with Gasteiger partial charge in [-0.05, 0) is 17.5 Å². The van der Waals surface area contributed by atoms with Gasteiger partial charge in [-0.3, -0.25) is 0 Å². The highest BCUT2D eigenvalue weighted by Gasteiger charge is 2.60. The van der Waals surface area contributed by atoms with Crippen molar-refractivity contribution in [3.05, 3.63) is 35.4 Å². The van der Waals surface area contributed by atoms with Gasteiger partial charge in [-0.15, -0.1) is 0 Å². The molecule has 0 fully saturated rings. The van der Waals surface area contributed by atoms with E-state index in [-0.39, 0.29) is 0 Å². The summed E-state index contributed by atoms with van der Waals surface area (Å²) < 4.78 is -6.02. The molecule has 0 heterocycles. The number of hydrogen-bond donors (Lipinski definition) is 1. The molecule has 8 heteroatoms. The summed E-state index contributed by atoms with van der Waals surface area (Å²) in [6.07, 6.45) is 0.946. The molecule has 0 saturated carbocycles. The summed E-state index contributed by atoms with van der Waals surface area (Å²) in [6, 6.07) is 6.53. The van der Waals surface area contributed by atoms with Crippen LogP contribution in [-0.4, -0.2) is 13.2 Å². The number of hydrogen-bond acceptors (Lipinski definition) is 1. The molecule has 0 aliphatic rings. The molecule has 1 unspecified atom stereocenters. The summed E-state index contributed by atoms with van der Waals surface area (Å²) in [7, 11) is 0. The lowest BCUT2D eigenvalue weighted by Crippen LogP contribution is -2.45. The fourth-order valence-corrected chi connectivity index (χ4v) is 3.18. The van der Waals surface area contributed by atoms with Crippen molar-refractivity contribution in [1.82, 2.24) is 0 Å². The molecule has 1 N–H and O–H groups in total. The highest BCUT2D eigenvalue weighted by atomic mass is 35.6. The number of halogens is 7. The zero-order valence-corrected chi connectivity index (χ0v) is 16.2. The molecule has 0 spiro atoms. The average molecular weight is 433 g/mol. The zero-order chi connectivity index (χ0) is 16.5. The average Bonchev–Trinajstić information content (AvgIpc) is 2.37. The van der Waals surface area contributed by atoms with Crippen LogP contribution in [0.2, 0.25) is 0 Å². The van der Waals surface area contributed by atoms with Gasteiger partial charge in [0, 0.05) is 0 Å². The SMILES string of the molecule is CCCC(O)c1ccc(C(Cl)(Cl)C(Cl)(Cl)C(Cl)(Cl)Cl)cc1. The fourth-order valence-electron chi connectivity index (χ4n) is 1.71. The number of aliphatic hydroxyl groups is 1. The Kier molecular flexibility index (Phi) is 7.14. The van der Waals surface area contributed by atoms with Gasteiger partial charge in [0.2, 0.25) is 8.13 Å². The normalized spacial score (nSPS) is 15.1. The molecular weight excluding hydrogens is 420 g/mol. The molecule has 1 nitrogen and oxygen atoms in total. The minimum absolute atomic E-state index is 0.356. The van der Waals surface area contributed by atoms with Crippen LogP contribution in [0.25, 0.3) is 0 Å². The molecule has 21 heavy (non-hydrogen) atoms. The Morgan fingerprint density at radius 1 is 0.952 bits per heavy atom.